The van der Waals surface area contributed by atoms with Crippen LogP contribution in [0.2, 0.25) is 5.02 Å². The Balaban J connectivity index is 1.62. The normalized spacial score (nSPS) is 22.6. The van der Waals surface area contributed by atoms with Crippen LogP contribution in [0.5, 0.6) is 0 Å². The van der Waals surface area contributed by atoms with Crippen LogP contribution in [0.1, 0.15) is 29.9 Å². The Morgan fingerprint density at radius 1 is 1.10 bits per heavy atom. The van der Waals surface area contributed by atoms with E-state index in [1.54, 1.807) is 12.1 Å². The Bertz CT molecular complexity index is 1000. The first-order valence-electron chi connectivity index (χ1n) is 9.95. The molecule has 2 aliphatic rings. The molecule has 1 saturated heterocycles. The zero-order chi connectivity index (χ0) is 20.6. The molecule has 1 saturated carbocycles. The molecule has 2 aromatic carbocycles. The van der Waals surface area contributed by atoms with Crippen molar-refractivity contribution in [3.8, 4) is 0 Å². The van der Waals surface area contributed by atoms with Crippen molar-refractivity contribution in [1.82, 2.24) is 9.62 Å². The van der Waals surface area contributed by atoms with Crippen LogP contribution in [0.4, 0.5) is 0 Å². The summed E-state index contributed by atoms with van der Waals surface area (Å²) in [5, 5.41) is 3.53. The highest BCUT2D eigenvalue weighted by Crippen LogP contribution is 2.37. The number of benzene rings is 2. The molecule has 154 valence electrons. The third-order valence-corrected chi connectivity index (χ3v) is 8.02. The molecule has 0 radical (unpaired) electrons. The fraction of sp³-hybridized carbons (Fsp3) is 0.409. The van der Waals surface area contributed by atoms with Gasteiger partial charge in [-0.1, -0.05) is 35.9 Å². The minimum atomic E-state index is -3.70. The zero-order valence-corrected chi connectivity index (χ0v) is 17.9. The van der Waals surface area contributed by atoms with Gasteiger partial charge in [-0.3, -0.25) is 4.79 Å². The number of sulfonamides is 1. The summed E-state index contributed by atoms with van der Waals surface area (Å²) in [4.78, 5) is 13.2. The summed E-state index contributed by atoms with van der Waals surface area (Å²) in [6, 6.07) is 14.1. The summed E-state index contributed by atoms with van der Waals surface area (Å²) in [5.41, 5.74) is 2.11. The number of carbonyl (C=O) groups excluding carboxylic acids is 1. The van der Waals surface area contributed by atoms with Gasteiger partial charge in [-0.25, -0.2) is 8.42 Å². The van der Waals surface area contributed by atoms with E-state index in [2.05, 4.69) is 5.32 Å². The first kappa shape index (κ1) is 20.4. The molecule has 4 rings (SSSR count). The Hall–Kier alpha value is -1.89. The first-order valence-corrected chi connectivity index (χ1v) is 11.8. The second-order valence-corrected chi connectivity index (χ2v) is 10.4. The van der Waals surface area contributed by atoms with Crippen LogP contribution in [0.3, 0.4) is 0 Å². The fourth-order valence-electron chi connectivity index (χ4n) is 4.00. The number of carbonyl (C=O) groups is 1. The Morgan fingerprint density at radius 3 is 2.45 bits per heavy atom. The van der Waals surface area contributed by atoms with E-state index in [0.29, 0.717) is 17.5 Å². The summed E-state index contributed by atoms with van der Waals surface area (Å²) < 4.78 is 27.8. The molecule has 7 heteroatoms. The SMILES string of the molecule is Cc1ccccc1C1CN(S(=O)(=O)c2ccc(Cl)cc2)CC1C(=O)NCC1CC1. The largest absolute Gasteiger partial charge is 0.356 e. The molecule has 1 N–H and O–H groups in total. The van der Waals surface area contributed by atoms with Crippen molar-refractivity contribution in [3.63, 3.8) is 0 Å². The Kier molecular flexibility index (Phi) is 5.69. The molecule has 0 bridgehead atoms. The third-order valence-electron chi connectivity index (χ3n) is 5.92. The van der Waals surface area contributed by atoms with Crippen LogP contribution in [-0.2, 0) is 14.8 Å². The van der Waals surface area contributed by atoms with Gasteiger partial charge in [0, 0.05) is 30.6 Å². The number of nitrogens with zero attached hydrogens (tertiary/aromatic N) is 1. The van der Waals surface area contributed by atoms with Crippen LogP contribution in [0.25, 0.3) is 0 Å². The second-order valence-electron chi connectivity index (χ2n) is 8.03. The van der Waals surface area contributed by atoms with Gasteiger partial charge in [0.15, 0.2) is 0 Å². The topological polar surface area (TPSA) is 66.5 Å². The van der Waals surface area contributed by atoms with Crippen LogP contribution in [0.15, 0.2) is 53.4 Å². The number of halogens is 1. The van der Waals surface area contributed by atoms with E-state index in [1.807, 2.05) is 31.2 Å². The van der Waals surface area contributed by atoms with E-state index in [-0.39, 0.29) is 29.8 Å². The van der Waals surface area contributed by atoms with Gasteiger partial charge in [0.1, 0.15) is 0 Å². The molecule has 2 atom stereocenters. The highest BCUT2D eigenvalue weighted by Gasteiger charge is 2.44. The number of hydrogen-bond donors (Lipinski definition) is 1. The first-order chi connectivity index (χ1) is 13.9. The van der Waals surface area contributed by atoms with Gasteiger partial charge in [0.25, 0.3) is 0 Å². The van der Waals surface area contributed by atoms with Crippen LogP contribution < -0.4 is 5.32 Å². The summed E-state index contributed by atoms with van der Waals surface area (Å²) in [5.74, 6) is -0.0560. The van der Waals surface area contributed by atoms with Crippen LogP contribution in [0, 0.1) is 18.8 Å². The molecule has 0 aromatic heterocycles. The van der Waals surface area contributed by atoms with E-state index >= 15 is 0 Å². The van der Waals surface area contributed by atoms with E-state index < -0.39 is 15.9 Å². The lowest BCUT2D eigenvalue weighted by atomic mass is 9.86. The van der Waals surface area contributed by atoms with Crippen molar-refractivity contribution >= 4 is 27.5 Å². The molecule has 2 unspecified atom stereocenters. The quantitative estimate of drug-likeness (QED) is 0.758. The van der Waals surface area contributed by atoms with Crippen molar-refractivity contribution in [1.29, 1.82) is 0 Å². The minimum Gasteiger partial charge on any atom is -0.356 e. The minimum absolute atomic E-state index is 0.0565. The molecule has 2 aromatic rings. The standard InChI is InChI=1S/C22H25ClN2O3S/c1-15-4-2-3-5-19(15)20-13-25(14-21(20)22(26)24-12-16-6-7-16)29(27,28)18-10-8-17(23)9-11-18/h2-5,8-11,16,20-21H,6-7,12-14H2,1H3,(H,24,26). The van der Waals surface area contributed by atoms with E-state index in [4.69, 9.17) is 11.6 Å². The van der Waals surface area contributed by atoms with Crippen LogP contribution in [-0.4, -0.2) is 38.3 Å². The fourth-order valence-corrected chi connectivity index (χ4v) is 5.62. The van der Waals surface area contributed by atoms with Crippen LogP contribution >= 0.6 is 11.6 Å². The van der Waals surface area contributed by atoms with Gasteiger partial charge in [0.05, 0.1) is 10.8 Å². The maximum absolute atomic E-state index is 13.2. The maximum Gasteiger partial charge on any atom is 0.243 e. The molecule has 29 heavy (non-hydrogen) atoms. The van der Waals surface area contributed by atoms with Gasteiger partial charge in [0.2, 0.25) is 15.9 Å². The highest BCUT2D eigenvalue weighted by molar-refractivity contribution is 7.89. The molecule has 2 fully saturated rings. The number of hydrogen-bond acceptors (Lipinski definition) is 3. The van der Waals surface area contributed by atoms with Gasteiger partial charge < -0.3 is 5.32 Å². The third kappa shape index (κ3) is 4.34. The van der Waals surface area contributed by atoms with Gasteiger partial charge in [-0.2, -0.15) is 4.31 Å². The van der Waals surface area contributed by atoms with Crippen molar-refractivity contribution in [2.45, 2.75) is 30.6 Å². The number of amides is 1. The molecule has 5 nitrogen and oxygen atoms in total. The predicted molar refractivity (Wildman–Crippen MR) is 113 cm³/mol. The monoisotopic (exact) mass is 432 g/mol. The van der Waals surface area contributed by atoms with E-state index in [9.17, 15) is 13.2 Å². The number of aryl methyl sites for hydroxylation is 1. The van der Waals surface area contributed by atoms with Crippen molar-refractivity contribution in [2.24, 2.45) is 11.8 Å². The lowest BCUT2D eigenvalue weighted by molar-refractivity contribution is -0.124. The lowest BCUT2D eigenvalue weighted by Crippen LogP contribution is -2.36. The van der Waals surface area contributed by atoms with Crippen molar-refractivity contribution in [2.75, 3.05) is 19.6 Å². The average Bonchev–Trinajstić information content (AvgIpc) is 3.42. The van der Waals surface area contributed by atoms with E-state index in [0.717, 1.165) is 24.0 Å². The molecule has 1 aliphatic heterocycles. The lowest BCUT2D eigenvalue weighted by Gasteiger charge is -2.20. The Morgan fingerprint density at radius 2 is 1.79 bits per heavy atom. The van der Waals surface area contributed by atoms with Gasteiger partial charge >= 0.3 is 0 Å². The highest BCUT2D eigenvalue weighted by atomic mass is 35.5. The van der Waals surface area contributed by atoms with E-state index in [1.165, 1.54) is 16.4 Å². The molecule has 1 aliphatic carbocycles. The summed E-state index contributed by atoms with van der Waals surface area (Å²) in [7, 11) is -3.70. The predicted octanol–water partition coefficient (Wildman–Crippen LogP) is 3.58. The molecule has 1 amide bonds. The summed E-state index contributed by atoms with van der Waals surface area (Å²) in [6.45, 7) is 3.16. The number of rotatable bonds is 6. The maximum atomic E-state index is 13.2. The molecular formula is C22H25ClN2O3S. The molecule has 1 heterocycles. The van der Waals surface area contributed by atoms with Gasteiger partial charge in [-0.05, 0) is 61.1 Å². The molecule has 0 spiro atoms. The summed E-state index contributed by atoms with van der Waals surface area (Å²) in [6.07, 6.45) is 2.31. The average molecular weight is 433 g/mol. The Labute approximate surface area is 177 Å². The second kappa shape index (κ2) is 8.09. The van der Waals surface area contributed by atoms with Crippen molar-refractivity contribution in [3.05, 3.63) is 64.7 Å². The zero-order valence-electron chi connectivity index (χ0n) is 16.3. The smallest absolute Gasteiger partial charge is 0.243 e. The summed E-state index contributed by atoms with van der Waals surface area (Å²) >= 11 is 5.91. The van der Waals surface area contributed by atoms with Crippen molar-refractivity contribution < 1.29 is 13.2 Å². The van der Waals surface area contributed by atoms with Gasteiger partial charge in [-0.15, -0.1) is 0 Å². The molecular weight excluding hydrogens is 408 g/mol. The number of nitrogens with one attached hydrogen (secondary N) is 1.